The molecule has 0 saturated heterocycles. The maximum absolute atomic E-state index is 12.0. The summed E-state index contributed by atoms with van der Waals surface area (Å²) >= 11 is 0. The third kappa shape index (κ3) is 3.60. The second-order valence-electron chi connectivity index (χ2n) is 4.37. The zero-order chi connectivity index (χ0) is 14.4. The molecule has 1 aromatic rings. The first-order valence-corrected chi connectivity index (χ1v) is 6.51. The first-order chi connectivity index (χ1) is 9.70. The van der Waals surface area contributed by atoms with Crippen molar-refractivity contribution in [2.24, 2.45) is 0 Å². The van der Waals surface area contributed by atoms with E-state index in [1.54, 1.807) is 24.3 Å². The number of ether oxygens (including phenoxy) is 2. The van der Waals surface area contributed by atoms with Crippen molar-refractivity contribution in [1.29, 1.82) is 0 Å². The molecule has 20 heavy (non-hydrogen) atoms. The Morgan fingerprint density at radius 2 is 1.95 bits per heavy atom. The van der Waals surface area contributed by atoms with Crippen molar-refractivity contribution >= 4 is 11.7 Å². The second kappa shape index (κ2) is 6.75. The van der Waals surface area contributed by atoms with Gasteiger partial charge < -0.3 is 14.8 Å². The molecule has 0 atom stereocenters. The molecule has 1 aliphatic rings. The topological polar surface area (TPSA) is 64.6 Å². The van der Waals surface area contributed by atoms with Crippen LogP contribution in [0.25, 0.3) is 0 Å². The Hall–Kier alpha value is -2.30. The van der Waals surface area contributed by atoms with E-state index >= 15 is 0 Å². The van der Waals surface area contributed by atoms with Crippen molar-refractivity contribution < 1.29 is 19.1 Å². The van der Waals surface area contributed by atoms with Crippen molar-refractivity contribution in [1.82, 2.24) is 5.32 Å². The summed E-state index contributed by atoms with van der Waals surface area (Å²) in [6.45, 7) is 4.92. The monoisotopic (exact) mass is 275 g/mol. The summed E-state index contributed by atoms with van der Waals surface area (Å²) in [6.07, 6.45) is 1.93. The number of ketones is 1. The smallest absolute Gasteiger partial charge is 0.220 e. The lowest BCUT2D eigenvalue weighted by Gasteiger charge is -2.18. The number of Topliss-reactive ketones (excluding diaryl/α,β-unsaturated/α-hetero) is 1. The van der Waals surface area contributed by atoms with Gasteiger partial charge in [-0.1, -0.05) is 6.08 Å². The van der Waals surface area contributed by atoms with Crippen molar-refractivity contribution in [2.45, 2.75) is 12.8 Å². The van der Waals surface area contributed by atoms with E-state index in [1.165, 1.54) is 0 Å². The van der Waals surface area contributed by atoms with Crippen molar-refractivity contribution in [3.8, 4) is 11.5 Å². The van der Waals surface area contributed by atoms with Gasteiger partial charge >= 0.3 is 0 Å². The van der Waals surface area contributed by atoms with Crippen LogP contribution in [0.5, 0.6) is 11.5 Å². The van der Waals surface area contributed by atoms with E-state index in [9.17, 15) is 9.59 Å². The molecule has 1 N–H and O–H groups in total. The molecule has 0 saturated carbocycles. The van der Waals surface area contributed by atoms with Gasteiger partial charge in [-0.2, -0.15) is 0 Å². The van der Waals surface area contributed by atoms with Gasteiger partial charge in [-0.3, -0.25) is 9.59 Å². The van der Waals surface area contributed by atoms with Crippen molar-refractivity contribution in [2.75, 3.05) is 19.8 Å². The Morgan fingerprint density at radius 1 is 1.20 bits per heavy atom. The van der Waals surface area contributed by atoms with Gasteiger partial charge in [0.1, 0.15) is 13.2 Å². The van der Waals surface area contributed by atoms with E-state index in [4.69, 9.17) is 9.47 Å². The van der Waals surface area contributed by atoms with Gasteiger partial charge in [-0.15, -0.1) is 6.58 Å². The van der Waals surface area contributed by atoms with Crippen LogP contribution in [0.1, 0.15) is 23.2 Å². The van der Waals surface area contributed by atoms with Gasteiger partial charge in [-0.05, 0) is 18.2 Å². The number of fused-ring (bicyclic) bond motifs is 1. The fraction of sp³-hybridized carbons (Fsp3) is 0.333. The second-order valence-corrected chi connectivity index (χ2v) is 4.37. The van der Waals surface area contributed by atoms with Crippen LogP contribution < -0.4 is 14.8 Å². The Morgan fingerprint density at radius 3 is 2.70 bits per heavy atom. The van der Waals surface area contributed by atoms with Crippen LogP contribution >= 0.6 is 0 Å². The highest BCUT2D eigenvalue weighted by molar-refractivity contribution is 5.98. The number of nitrogens with one attached hydrogen (secondary N) is 1. The van der Waals surface area contributed by atoms with E-state index in [-0.39, 0.29) is 24.5 Å². The molecule has 2 rings (SSSR count). The van der Waals surface area contributed by atoms with Gasteiger partial charge in [0.05, 0.1) is 0 Å². The molecule has 1 aromatic carbocycles. The molecule has 106 valence electrons. The lowest BCUT2D eigenvalue weighted by atomic mass is 10.1. The molecule has 0 unspecified atom stereocenters. The van der Waals surface area contributed by atoms with Gasteiger partial charge in [0.2, 0.25) is 5.91 Å². The van der Waals surface area contributed by atoms with Crippen LogP contribution in [-0.2, 0) is 4.79 Å². The standard InChI is InChI=1S/C15H17NO4/c1-2-7-16-15(18)6-4-12(17)11-3-5-13-14(10-11)20-9-8-19-13/h2-3,5,10H,1,4,6-9H2,(H,16,18). The molecule has 0 aliphatic carbocycles. The molecule has 0 bridgehead atoms. The van der Waals surface area contributed by atoms with E-state index in [2.05, 4.69) is 11.9 Å². The van der Waals surface area contributed by atoms with Crippen LogP contribution in [0.3, 0.4) is 0 Å². The number of carbonyl (C=O) groups excluding carboxylic acids is 2. The molecular formula is C15H17NO4. The van der Waals surface area contributed by atoms with E-state index in [0.717, 1.165) is 0 Å². The zero-order valence-electron chi connectivity index (χ0n) is 11.2. The lowest BCUT2D eigenvalue weighted by molar-refractivity contribution is -0.120. The Bertz CT molecular complexity index is 525. The fourth-order valence-electron chi connectivity index (χ4n) is 1.86. The van der Waals surface area contributed by atoms with Gasteiger partial charge in [0.25, 0.3) is 0 Å². The summed E-state index contributed by atoms with van der Waals surface area (Å²) in [4.78, 5) is 23.4. The molecule has 0 fully saturated rings. The summed E-state index contributed by atoms with van der Waals surface area (Å²) in [6, 6.07) is 5.08. The van der Waals surface area contributed by atoms with Crippen molar-refractivity contribution in [3.05, 3.63) is 36.4 Å². The van der Waals surface area contributed by atoms with Gasteiger partial charge in [0.15, 0.2) is 17.3 Å². The molecule has 5 nitrogen and oxygen atoms in total. The quantitative estimate of drug-likeness (QED) is 0.634. The minimum absolute atomic E-state index is 0.0873. The maximum atomic E-state index is 12.0. The fourth-order valence-corrected chi connectivity index (χ4v) is 1.86. The summed E-state index contributed by atoms with van der Waals surface area (Å²) < 4.78 is 10.8. The summed E-state index contributed by atoms with van der Waals surface area (Å²) in [5.74, 6) is 0.987. The molecule has 0 spiro atoms. The summed E-state index contributed by atoms with van der Waals surface area (Å²) in [5, 5.41) is 2.64. The molecule has 1 aliphatic heterocycles. The minimum Gasteiger partial charge on any atom is -0.486 e. The van der Waals surface area contributed by atoms with E-state index in [1.807, 2.05) is 0 Å². The number of carbonyl (C=O) groups is 2. The summed E-state index contributed by atoms with van der Waals surface area (Å²) in [7, 11) is 0. The SMILES string of the molecule is C=CCNC(=O)CCC(=O)c1ccc2c(c1)OCCO2. The highest BCUT2D eigenvalue weighted by atomic mass is 16.6. The van der Waals surface area contributed by atoms with E-state index in [0.29, 0.717) is 36.8 Å². The molecule has 1 heterocycles. The largest absolute Gasteiger partial charge is 0.486 e. The van der Waals surface area contributed by atoms with Crippen LogP contribution in [0.4, 0.5) is 0 Å². The Balaban J connectivity index is 1.92. The average molecular weight is 275 g/mol. The first-order valence-electron chi connectivity index (χ1n) is 6.51. The van der Waals surface area contributed by atoms with Crippen LogP contribution in [0, 0.1) is 0 Å². The average Bonchev–Trinajstić information content (AvgIpc) is 2.50. The molecule has 1 amide bonds. The number of rotatable bonds is 6. The number of amides is 1. The molecular weight excluding hydrogens is 258 g/mol. The zero-order valence-corrected chi connectivity index (χ0v) is 11.2. The van der Waals surface area contributed by atoms with Gasteiger partial charge in [-0.25, -0.2) is 0 Å². The number of benzene rings is 1. The van der Waals surface area contributed by atoms with Crippen LogP contribution in [0.2, 0.25) is 0 Å². The third-order valence-corrected chi connectivity index (χ3v) is 2.89. The molecule has 0 aromatic heterocycles. The highest BCUT2D eigenvalue weighted by Crippen LogP contribution is 2.31. The van der Waals surface area contributed by atoms with Gasteiger partial charge in [0, 0.05) is 24.9 Å². The third-order valence-electron chi connectivity index (χ3n) is 2.89. The van der Waals surface area contributed by atoms with E-state index < -0.39 is 0 Å². The Kier molecular flexibility index (Phi) is 4.76. The number of hydrogen-bond acceptors (Lipinski definition) is 4. The van der Waals surface area contributed by atoms with Crippen LogP contribution in [0.15, 0.2) is 30.9 Å². The maximum Gasteiger partial charge on any atom is 0.220 e. The predicted octanol–water partition coefficient (Wildman–Crippen LogP) is 1.72. The first kappa shape index (κ1) is 14.1. The van der Waals surface area contributed by atoms with Crippen molar-refractivity contribution in [3.63, 3.8) is 0 Å². The van der Waals surface area contributed by atoms with Crippen LogP contribution in [-0.4, -0.2) is 31.4 Å². The predicted molar refractivity (Wildman–Crippen MR) is 74.2 cm³/mol. The highest BCUT2D eigenvalue weighted by Gasteiger charge is 2.15. The summed E-state index contributed by atoms with van der Waals surface area (Å²) in [5.41, 5.74) is 0.533. The Labute approximate surface area is 117 Å². The molecule has 0 radical (unpaired) electrons. The lowest BCUT2D eigenvalue weighted by Crippen LogP contribution is -2.23. The normalized spacial score (nSPS) is 12.6. The molecule has 5 heteroatoms. The minimum atomic E-state index is -0.157. The number of hydrogen-bond donors (Lipinski definition) is 1.